The summed E-state index contributed by atoms with van der Waals surface area (Å²) in [6.45, 7) is 4.58. The Kier molecular flexibility index (Phi) is 10.3. The molecule has 44 heavy (non-hydrogen) atoms. The summed E-state index contributed by atoms with van der Waals surface area (Å²) >= 11 is 0. The van der Waals surface area contributed by atoms with Crippen LogP contribution in [0.4, 0.5) is 5.69 Å². The van der Waals surface area contributed by atoms with Gasteiger partial charge in [-0.25, -0.2) is 8.42 Å². The monoisotopic (exact) mass is 617 g/mol. The van der Waals surface area contributed by atoms with E-state index in [0.717, 1.165) is 34.1 Å². The van der Waals surface area contributed by atoms with Gasteiger partial charge in [0.05, 0.1) is 24.5 Å². The van der Waals surface area contributed by atoms with Gasteiger partial charge in [0.2, 0.25) is 15.9 Å². The van der Waals surface area contributed by atoms with Crippen molar-refractivity contribution in [2.75, 3.05) is 17.5 Å². The minimum Gasteiger partial charge on any atom is -0.507 e. The van der Waals surface area contributed by atoms with E-state index in [0.29, 0.717) is 18.5 Å². The summed E-state index contributed by atoms with van der Waals surface area (Å²) in [7, 11) is -3.59. The Hall–Kier alpha value is -4.38. The fourth-order valence-electron chi connectivity index (χ4n) is 4.97. The van der Waals surface area contributed by atoms with Gasteiger partial charge >= 0.3 is 0 Å². The first kappa shape index (κ1) is 32.5. The topological polar surface area (TPSA) is 148 Å². The molecule has 0 aliphatic rings. The van der Waals surface area contributed by atoms with Crippen LogP contribution in [-0.4, -0.2) is 48.0 Å². The first-order chi connectivity index (χ1) is 20.8. The third-order valence-corrected chi connectivity index (χ3v) is 7.70. The van der Waals surface area contributed by atoms with Crippen molar-refractivity contribution < 1.29 is 28.5 Å². The standard InChI is InChI=1S/C34H39N3O6S/c1-34(2,36-22-32(40)27-14-15-31(39)29(19-27)37-44(3,42)43)20-24-9-6-8-23(16-24)18-33(41)35-21-25-10-7-11-26(17-25)28-12-4-5-13-30(28)38/h4-17,19,32,36-40H,18,20-22H2,1-3H3,(H,35,41)/t32-/m1/s1. The van der Waals surface area contributed by atoms with E-state index < -0.39 is 21.7 Å². The van der Waals surface area contributed by atoms with E-state index in [2.05, 4.69) is 15.4 Å². The van der Waals surface area contributed by atoms with E-state index in [4.69, 9.17) is 0 Å². The highest BCUT2D eigenvalue weighted by Gasteiger charge is 2.21. The lowest BCUT2D eigenvalue weighted by Gasteiger charge is -2.28. The zero-order chi connectivity index (χ0) is 31.9. The minimum absolute atomic E-state index is 0.00477. The number of hydrogen-bond acceptors (Lipinski definition) is 7. The average Bonchev–Trinajstić information content (AvgIpc) is 2.96. The third kappa shape index (κ3) is 9.57. The van der Waals surface area contributed by atoms with Crippen LogP contribution in [0.1, 0.15) is 42.2 Å². The highest BCUT2D eigenvalue weighted by Crippen LogP contribution is 2.30. The van der Waals surface area contributed by atoms with Gasteiger partial charge in [-0.2, -0.15) is 0 Å². The lowest BCUT2D eigenvalue weighted by molar-refractivity contribution is -0.120. The number of aromatic hydroxyl groups is 2. The number of carbonyl (C=O) groups is 1. The third-order valence-electron chi connectivity index (χ3n) is 7.11. The molecule has 0 saturated heterocycles. The number of aliphatic hydroxyl groups excluding tert-OH is 1. The van der Waals surface area contributed by atoms with Gasteiger partial charge in [-0.1, -0.05) is 66.7 Å². The van der Waals surface area contributed by atoms with E-state index in [9.17, 15) is 28.5 Å². The van der Waals surface area contributed by atoms with Crippen LogP contribution in [0.3, 0.4) is 0 Å². The lowest BCUT2D eigenvalue weighted by Crippen LogP contribution is -2.43. The maximum absolute atomic E-state index is 12.8. The molecule has 0 fully saturated rings. The van der Waals surface area contributed by atoms with Gasteiger partial charge in [0, 0.05) is 24.2 Å². The maximum atomic E-state index is 12.8. The molecular formula is C34H39N3O6S. The number of benzene rings is 4. The summed E-state index contributed by atoms with van der Waals surface area (Å²) in [5.41, 5.74) is 4.50. The molecule has 1 atom stereocenters. The molecule has 6 N–H and O–H groups in total. The number of amides is 1. The Labute approximate surface area is 258 Å². The Balaban J connectivity index is 1.31. The second-order valence-electron chi connectivity index (χ2n) is 11.6. The van der Waals surface area contributed by atoms with Crippen molar-refractivity contribution in [3.8, 4) is 22.6 Å². The predicted molar refractivity (Wildman–Crippen MR) is 173 cm³/mol. The molecule has 232 valence electrons. The van der Waals surface area contributed by atoms with Gasteiger partial charge in [0.15, 0.2) is 0 Å². The van der Waals surface area contributed by atoms with Crippen LogP contribution < -0.4 is 15.4 Å². The summed E-state index contributed by atoms with van der Waals surface area (Å²) < 4.78 is 25.4. The number of nitrogens with one attached hydrogen (secondary N) is 3. The molecule has 0 bridgehead atoms. The smallest absolute Gasteiger partial charge is 0.229 e. The summed E-state index contributed by atoms with van der Waals surface area (Å²) in [5, 5.41) is 37.2. The van der Waals surface area contributed by atoms with Crippen LogP contribution in [0.25, 0.3) is 11.1 Å². The molecule has 1 amide bonds. The Bertz CT molecular complexity index is 1720. The predicted octanol–water partition coefficient (Wildman–Crippen LogP) is 4.64. The SMILES string of the molecule is CC(C)(Cc1cccc(CC(=O)NCc2cccc(-c3ccccc3O)c2)c1)NC[C@@H](O)c1ccc(O)c(NS(C)(=O)=O)c1. The number of anilines is 1. The molecule has 4 rings (SSSR count). The van der Waals surface area contributed by atoms with Crippen molar-refractivity contribution >= 4 is 21.6 Å². The fourth-order valence-corrected chi connectivity index (χ4v) is 5.53. The molecule has 0 unspecified atom stereocenters. The van der Waals surface area contributed by atoms with Crippen LogP contribution in [0.5, 0.6) is 11.5 Å². The second kappa shape index (κ2) is 13.9. The van der Waals surface area contributed by atoms with E-state index in [1.54, 1.807) is 18.2 Å². The highest BCUT2D eigenvalue weighted by atomic mass is 32.2. The first-order valence-corrected chi connectivity index (χ1v) is 16.1. The number of phenols is 2. The zero-order valence-electron chi connectivity index (χ0n) is 25.0. The van der Waals surface area contributed by atoms with Gasteiger partial charge in [0.25, 0.3) is 0 Å². The highest BCUT2D eigenvalue weighted by molar-refractivity contribution is 7.92. The van der Waals surface area contributed by atoms with Gasteiger partial charge in [-0.3, -0.25) is 9.52 Å². The van der Waals surface area contributed by atoms with Crippen molar-refractivity contribution in [1.29, 1.82) is 0 Å². The fraction of sp³-hybridized carbons (Fsp3) is 0.265. The van der Waals surface area contributed by atoms with Crippen LogP contribution in [0.2, 0.25) is 0 Å². The number of hydrogen-bond donors (Lipinski definition) is 6. The molecule has 0 aliphatic heterocycles. The summed E-state index contributed by atoms with van der Waals surface area (Å²) in [6, 6.07) is 27.0. The number of β-amino-alcohol motifs (C(OH)–C–C–N with tert-alkyl or cyclic N) is 1. The molecule has 0 radical (unpaired) electrons. The summed E-state index contributed by atoms with van der Waals surface area (Å²) in [6.07, 6.45) is 0.903. The van der Waals surface area contributed by atoms with Gasteiger partial charge in [-0.05, 0) is 72.4 Å². The van der Waals surface area contributed by atoms with E-state index in [1.807, 2.05) is 74.5 Å². The molecule has 0 aromatic heterocycles. The Morgan fingerprint density at radius 1 is 0.841 bits per heavy atom. The molecule has 10 heteroatoms. The van der Waals surface area contributed by atoms with Crippen LogP contribution in [-0.2, 0) is 34.2 Å². The molecule has 0 spiro atoms. The number of phenolic OH excluding ortho intramolecular Hbond substituents is 2. The molecule has 0 aliphatic carbocycles. The van der Waals surface area contributed by atoms with Gasteiger partial charge < -0.3 is 26.0 Å². The molecule has 9 nitrogen and oxygen atoms in total. The lowest BCUT2D eigenvalue weighted by atomic mass is 9.93. The maximum Gasteiger partial charge on any atom is 0.229 e. The van der Waals surface area contributed by atoms with E-state index in [1.165, 1.54) is 12.1 Å². The van der Waals surface area contributed by atoms with E-state index in [-0.39, 0.29) is 36.1 Å². The molecular weight excluding hydrogens is 578 g/mol. The van der Waals surface area contributed by atoms with Crippen LogP contribution >= 0.6 is 0 Å². The molecule has 4 aromatic carbocycles. The second-order valence-corrected chi connectivity index (χ2v) is 13.3. The Morgan fingerprint density at radius 2 is 1.55 bits per heavy atom. The van der Waals surface area contributed by atoms with Crippen molar-refractivity contribution in [2.24, 2.45) is 0 Å². The van der Waals surface area contributed by atoms with Crippen molar-refractivity contribution in [2.45, 2.75) is 44.9 Å². The normalized spacial score (nSPS) is 12.5. The van der Waals surface area contributed by atoms with Gasteiger partial charge in [-0.15, -0.1) is 0 Å². The molecule has 0 heterocycles. The average molecular weight is 618 g/mol. The van der Waals surface area contributed by atoms with Crippen molar-refractivity contribution in [3.63, 3.8) is 0 Å². The van der Waals surface area contributed by atoms with Crippen molar-refractivity contribution in [3.05, 3.63) is 113 Å². The largest absolute Gasteiger partial charge is 0.507 e. The number of sulfonamides is 1. The molecule has 4 aromatic rings. The van der Waals surface area contributed by atoms with Crippen molar-refractivity contribution in [1.82, 2.24) is 10.6 Å². The quantitative estimate of drug-likeness (QED) is 0.120. The van der Waals surface area contributed by atoms with Crippen LogP contribution in [0.15, 0.2) is 91.0 Å². The van der Waals surface area contributed by atoms with Crippen LogP contribution in [0, 0.1) is 0 Å². The summed E-state index contributed by atoms with van der Waals surface area (Å²) in [5.74, 6) is -0.126. The first-order valence-electron chi connectivity index (χ1n) is 14.2. The molecule has 0 saturated carbocycles. The van der Waals surface area contributed by atoms with E-state index >= 15 is 0 Å². The summed E-state index contributed by atoms with van der Waals surface area (Å²) in [4.78, 5) is 12.8. The number of rotatable bonds is 13. The number of para-hydroxylation sites is 1. The number of aliphatic hydroxyl groups is 1. The number of carbonyl (C=O) groups excluding carboxylic acids is 1. The zero-order valence-corrected chi connectivity index (χ0v) is 25.9. The minimum atomic E-state index is -3.59. The van der Waals surface area contributed by atoms with Gasteiger partial charge in [0.1, 0.15) is 11.5 Å². The Morgan fingerprint density at radius 3 is 2.30 bits per heavy atom.